The van der Waals surface area contributed by atoms with Crippen LogP contribution in [0.25, 0.3) is 0 Å². The Balaban J connectivity index is 3.31. The molecule has 0 fully saturated rings. The predicted octanol–water partition coefficient (Wildman–Crippen LogP) is 3.78. The third-order valence-electron chi connectivity index (χ3n) is 3.39. The Labute approximate surface area is 100 Å². The third-order valence-corrected chi connectivity index (χ3v) is 3.39. The van der Waals surface area contributed by atoms with Crippen LogP contribution in [0.4, 0.5) is 0 Å². The first-order chi connectivity index (χ1) is 7.67. The second-order valence-electron chi connectivity index (χ2n) is 4.40. The van der Waals surface area contributed by atoms with Crippen LogP contribution in [0.5, 0.6) is 0 Å². The van der Waals surface area contributed by atoms with E-state index >= 15 is 0 Å². The van der Waals surface area contributed by atoms with Crippen LogP contribution in [0, 0.1) is 0 Å². The minimum absolute atomic E-state index is 0.204. The first-order valence-electron chi connectivity index (χ1n) is 6.57. The van der Waals surface area contributed by atoms with E-state index in [-0.39, 0.29) is 6.04 Å². The molecule has 0 saturated carbocycles. The fourth-order valence-electron chi connectivity index (χ4n) is 2.32. The summed E-state index contributed by atoms with van der Waals surface area (Å²) in [4.78, 5) is 0. The summed E-state index contributed by atoms with van der Waals surface area (Å²) in [7, 11) is 0. The van der Waals surface area contributed by atoms with Gasteiger partial charge in [-0.2, -0.15) is 0 Å². The highest BCUT2D eigenvalue weighted by atomic mass is 14.6. The molecule has 1 aromatic carbocycles. The monoisotopic (exact) mass is 219 g/mol. The lowest BCUT2D eigenvalue weighted by Crippen LogP contribution is -2.14. The summed E-state index contributed by atoms with van der Waals surface area (Å²) in [6.45, 7) is 8.82. The number of aryl methyl sites for hydroxylation is 3. The van der Waals surface area contributed by atoms with Gasteiger partial charge in [0.2, 0.25) is 0 Å². The number of hydrogen-bond acceptors (Lipinski definition) is 1. The van der Waals surface area contributed by atoms with Crippen molar-refractivity contribution in [3.63, 3.8) is 0 Å². The van der Waals surface area contributed by atoms with Crippen molar-refractivity contribution in [1.82, 2.24) is 0 Å². The standard InChI is InChI=1S/C15H25N/c1-5-11-9-12(6-2)15(14(16)8-4)13(7-3)10-11/h9-10,14H,5-8,16H2,1-4H3. The summed E-state index contributed by atoms with van der Waals surface area (Å²) < 4.78 is 0. The fraction of sp³-hybridized carbons (Fsp3) is 0.600. The van der Waals surface area contributed by atoms with Crippen LogP contribution in [0.3, 0.4) is 0 Å². The summed E-state index contributed by atoms with van der Waals surface area (Å²) in [6, 6.07) is 4.88. The fourth-order valence-corrected chi connectivity index (χ4v) is 2.32. The molecule has 1 heteroatoms. The second kappa shape index (κ2) is 6.05. The Hall–Kier alpha value is -0.820. The van der Waals surface area contributed by atoms with Gasteiger partial charge in [-0.1, -0.05) is 39.8 Å². The van der Waals surface area contributed by atoms with E-state index in [4.69, 9.17) is 5.73 Å². The second-order valence-corrected chi connectivity index (χ2v) is 4.40. The van der Waals surface area contributed by atoms with Crippen molar-refractivity contribution in [2.75, 3.05) is 0 Å². The summed E-state index contributed by atoms with van der Waals surface area (Å²) in [6.07, 6.45) is 4.31. The van der Waals surface area contributed by atoms with Gasteiger partial charge in [0, 0.05) is 6.04 Å². The van der Waals surface area contributed by atoms with E-state index in [0.717, 1.165) is 25.7 Å². The highest BCUT2D eigenvalue weighted by Gasteiger charge is 2.13. The van der Waals surface area contributed by atoms with Crippen molar-refractivity contribution >= 4 is 0 Å². The highest BCUT2D eigenvalue weighted by Crippen LogP contribution is 2.26. The molecule has 0 heterocycles. The van der Waals surface area contributed by atoms with Crippen LogP contribution in [0.1, 0.15) is 62.4 Å². The van der Waals surface area contributed by atoms with Gasteiger partial charge < -0.3 is 5.73 Å². The smallest absolute Gasteiger partial charge is 0.0297 e. The van der Waals surface area contributed by atoms with Gasteiger partial charge in [-0.25, -0.2) is 0 Å². The van der Waals surface area contributed by atoms with Gasteiger partial charge in [0.1, 0.15) is 0 Å². The molecule has 0 spiro atoms. The van der Waals surface area contributed by atoms with E-state index in [1.807, 2.05) is 0 Å². The molecule has 1 nitrogen and oxygen atoms in total. The maximum atomic E-state index is 6.24. The highest BCUT2D eigenvalue weighted by molar-refractivity contribution is 5.41. The lowest BCUT2D eigenvalue weighted by atomic mass is 9.89. The Morgan fingerprint density at radius 1 is 0.938 bits per heavy atom. The van der Waals surface area contributed by atoms with Gasteiger partial charge in [0.25, 0.3) is 0 Å². The molecule has 90 valence electrons. The van der Waals surface area contributed by atoms with E-state index in [0.29, 0.717) is 0 Å². The SMILES string of the molecule is CCc1cc(CC)c(C(N)CC)c(CC)c1. The van der Waals surface area contributed by atoms with Crippen LogP contribution in [0.15, 0.2) is 12.1 Å². The van der Waals surface area contributed by atoms with Gasteiger partial charge in [0.15, 0.2) is 0 Å². The van der Waals surface area contributed by atoms with Crippen molar-refractivity contribution in [2.24, 2.45) is 5.73 Å². The average Bonchev–Trinajstić information content (AvgIpc) is 2.35. The lowest BCUT2D eigenvalue weighted by molar-refractivity contribution is 0.680. The first-order valence-corrected chi connectivity index (χ1v) is 6.57. The summed E-state index contributed by atoms with van der Waals surface area (Å²) in [5, 5.41) is 0. The largest absolute Gasteiger partial charge is 0.324 e. The molecule has 2 N–H and O–H groups in total. The van der Waals surface area contributed by atoms with Crippen LogP contribution in [-0.2, 0) is 19.3 Å². The van der Waals surface area contributed by atoms with Gasteiger partial charge in [-0.05, 0) is 47.9 Å². The molecule has 0 bridgehead atoms. The number of nitrogens with two attached hydrogens (primary N) is 1. The molecule has 0 aromatic heterocycles. The Bertz CT molecular complexity index is 316. The number of hydrogen-bond donors (Lipinski definition) is 1. The quantitative estimate of drug-likeness (QED) is 0.801. The Kier molecular flexibility index (Phi) is 5.01. The molecular formula is C15H25N. The molecule has 0 aliphatic carbocycles. The van der Waals surface area contributed by atoms with Gasteiger partial charge >= 0.3 is 0 Å². The summed E-state index contributed by atoms with van der Waals surface area (Å²) in [5.74, 6) is 0. The van der Waals surface area contributed by atoms with Crippen molar-refractivity contribution in [1.29, 1.82) is 0 Å². The molecule has 0 radical (unpaired) electrons. The zero-order chi connectivity index (χ0) is 12.1. The Morgan fingerprint density at radius 3 is 1.75 bits per heavy atom. The molecule has 1 unspecified atom stereocenters. The van der Waals surface area contributed by atoms with E-state index in [9.17, 15) is 0 Å². The molecule has 1 atom stereocenters. The molecule has 0 aliphatic heterocycles. The average molecular weight is 219 g/mol. The minimum atomic E-state index is 0.204. The maximum Gasteiger partial charge on any atom is 0.0297 e. The zero-order valence-corrected chi connectivity index (χ0v) is 11.1. The van der Waals surface area contributed by atoms with Crippen molar-refractivity contribution in [3.8, 4) is 0 Å². The van der Waals surface area contributed by atoms with E-state index in [1.165, 1.54) is 22.3 Å². The zero-order valence-electron chi connectivity index (χ0n) is 11.1. The molecule has 0 aliphatic rings. The van der Waals surface area contributed by atoms with Gasteiger partial charge in [-0.3, -0.25) is 0 Å². The molecule has 0 amide bonds. The topological polar surface area (TPSA) is 26.0 Å². The van der Waals surface area contributed by atoms with Crippen LogP contribution in [-0.4, -0.2) is 0 Å². The van der Waals surface area contributed by atoms with Crippen LogP contribution < -0.4 is 5.73 Å². The number of rotatable bonds is 5. The predicted molar refractivity (Wildman–Crippen MR) is 71.8 cm³/mol. The van der Waals surface area contributed by atoms with E-state index in [2.05, 4.69) is 39.8 Å². The van der Waals surface area contributed by atoms with Gasteiger partial charge in [0.05, 0.1) is 0 Å². The first kappa shape index (κ1) is 13.2. The minimum Gasteiger partial charge on any atom is -0.324 e. The van der Waals surface area contributed by atoms with Crippen LogP contribution in [0.2, 0.25) is 0 Å². The summed E-state index contributed by atoms with van der Waals surface area (Å²) >= 11 is 0. The normalized spacial score (nSPS) is 12.8. The molecule has 16 heavy (non-hydrogen) atoms. The van der Waals surface area contributed by atoms with Crippen molar-refractivity contribution < 1.29 is 0 Å². The summed E-state index contributed by atoms with van der Waals surface area (Å²) in [5.41, 5.74) is 12.0. The van der Waals surface area contributed by atoms with Gasteiger partial charge in [-0.15, -0.1) is 0 Å². The lowest BCUT2D eigenvalue weighted by Gasteiger charge is -2.20. The van der Waals surface area contributed by atoms with E-state index in [1.54, 1.807) is 0 Å². The van der Waals surface area contributed by atoms with Crippen molar-refractivity contribution in [3.05, 3.63) is 34.4 Å². The number of benzene rings is 1. The molecular weight excluding hydrogens is 194 g/mol. The van der Waals surface area contributed by atoms with Crippen molar-refractivity contribution in [2.45, 2.75) is 59.4 Å². The van der Waals surface area contributed by atoms with Crippen LogP contribution >= 0.6 is 0 Å². The molecule has 1 aromatic rings. The molecule has 1 rings (SSSR count). The third kappa shape index (κ3) is 2.65. The van der Waals surface area contributed by atoms with E-state index < -0.39 is 0 Å². The molecule has 0 saturated heterocycles. The Morgan fingerprint density at radius 2 is 1.44 bits per heavy atom. The maximum absolute atomic E-state index is 6.24.